The quantitative estimate of drug-likeness (QED) is 0.415. The molecule has 0 heterocycles. The highest BCUT2D eigenvalue weighted by molar-refractivity contribution is 7.90. The molecule has 10 nitrogen and oxygen atoms in total. The van der Waals surface area contributed by atoms with E-state index in [2.05, 4.69) is 9.58 Å². The second-order valence-electron chi connectivity index (χ2n) is 4.79. The van der Waals surface area contributed by atoms with Gasteiger partial charge in [-0.3, -0.25) is 9.11 Å². The third-order valence-electron chi connectivity index (χ3n) is 3.26. The second kappa shape index (κ2) is 6.21. The van der Waals surface area contributed by atoms with E-state index >= 15 is 0 Å². The van der Waals surface area contributed by atoms with E-state index in [4.69, 9.17) is 11.1 Å². The van der Waals surface area contributed by atoms with Crippen molar-refractivity contribution in [3.63, 3.8) is 0 Å². The molecule has 0 aromatic heterocycles. The maximum atomic E-state index is 11.6. The molecule has 0 fully saturated rings. The normalized spacial score (nSPS) is 18.8. The molecule has 0 atom stereocenters. The molecule has 2 aliphatic carbocycles. The van der Waals surface area contributed by atoms with Gasteiger partial charge in [-0.25, -0.2) is 0 Å². The Bertz CT molecular complexity index is 961. The van der Waals surface area contributed by atoms with E-state index < -0.39 is 30.0 Å². The minimum absolute atomic E-state index is 0.0398. The fourth-order valence-corrected chi connectivity index (χ4v) is 3.75. The van der Waals surface area contributed by atoms with Crippen LogP contribution in [0, 0.1) is 0 Å². The number of allylic oxidation sites excluding steroid dienone is 6. The zero-order valence-electron chi connectivity index (χ0n) is 11.9. The molecule has 2 aliphatic rings. The van der Waals surface area contributed by atoms with Gasteiger partial charge in [-0.2, -0.15) is 26.4 Å². The van der Waals surface area contributed by atoms with E-state index in [0.717, 1.165) is 12.2 Å². The first-order chi connectivity index (χ1) is 11.1. The van der Waals surface area contributed by atoms with E-state index in [9.17, 15) is 25.9 Å². The predicted molar refractivity (Wildman–Crippen MR) is 81.9 cm³/mol. The van der Waals surface area contributed by atoms with E-state index in [0.29, 0.717) is 0 Å². The third kappa shape index (κ3) is 3.54. The maximum absolute atomic E-state index is 11.6. The van der Waals surface area contributed by atoms with Crippen LogP contribution in [-0.2, 0) is 20.2 Å². The van der Waals surface area contributed by atoms with E-state index in [1.54, 1.807) is 0 Å². The van der Waals surface area contributed by atoms with Gasteiger partial charge in [0.1, 0.15) is 9.81 Å². The summed E-state index contributed by atoms with van der Waals surface area (Å²) < 4.78 is 65.0. The predicted octanol–water partition coefficient (Wildman–Crippen LogP) is 0.532. The van der Waals surface area contributed by atoms with Crippen molar-refractivity contribution in [3.8, 4) is 0 Å². The molecule has 0 bridgehead atoms. The first-order valence-electron chi connectivity index (χ1n) is 6.29. The molecule has 24 heavy (non-hydrogen) atoms. The highest BCUT2D eigenvalue weighted by Crippen LogP contribution is 2.35. The van der Waals surface area contributed by atoms with Crippen LogP contribution in [0.3, 0.4) is 0 Å². The minimum Gasteiger partial charge on any atom is -0.361 e. The highest BCUT2D eigenvalue weighted by Gasteiger charge is 2.34. The van der Waals surface area contributed by atoms with Crippen molar-refractivity contribution in [2.45, 2.75) is 12.8 Å². The van der Waals surface area contributed by atoms with Crippen molar-refractivity contribution in [1.29, 1.82) is 0 Å². The third-order valence-corrected chi connectivity index (χ3v) is 5.05. The molecule has 0 unspecified atom stereocenters. The Kier molecular flexibility index (Phi) is 4.63. The summed E-state index contributed by atoms with van der Waals surface area (Å²) in [5, 5.41) is 0. The van der Waals surface area contributed by atoms with E-state index in [1.165, 1.54) is 12.2 Å². The summed E-state index contributed by atoms with van der Waals surface area (Å²) in [6.45, 7) is 0. The maximum Gasteiger partial charge on any atom is 0.297 e. The van der Waals surface area contributed by atoms with Crippen LogP contribution >= 0.6 is 0 Å². The van der Waals surface area contributed by atoms with Gasteiger partial charge in [0.2, 0.25) is 0 Å². The molecule has 0 amide bonds. The minimum atomic E-state index is -4.78. The van der Waals surface area contributed by atoms with Gasteiger partial charge in [-0.1, -0.05) is 12.2 Å². The van der Waals surface area contributed by atoms with Crippen molar-refractivity contribution in [2.75, 3.05) is 0 Å². The Morgan fingerprint density at radius 1 is 0.792 bits per heavy atom. The molecule has 2 rings (SSSR count). The SMILES string of the molecule is [N-]=[N+]=C1C=C(S(=O)(=O)O)C(C2=CCC(=[N+]=[N-])C=C2S(=O)(=O)O)=CC1. The zero-order valence-corrected chi connectivity index (χ0v) is 13.5. The lowest BCUT2D eigenvalue weighted by Crippen LogP contribution is -2.19. The molecule has 126 valence electrons. The lowest BCUT2D eigenvalue weighted by Gasteiger charge is -2.18. The molecule has 12 heteroatoms. The summed E-state index contributed by atoms with van der Waals surface area (Å²) in [7, 11) is -9.56. The molecule has 0 spiro atoms. The summed E-state index contributed by atoms with van der Waals surface area (Å²) in [6, 6.07) is 0. The summed E-state index contributed by atoms with van der Waals surface area (Å²) in [5.41, 5.74) is 17.0. The van der Waals surface area contributed by atoms with Gasteiger partial charge >= 0.3 is 0 Å². The van der Waals surface area contributed by atoms with Crippen LogP contribution in [-0.4, -0.2) is 46.9 Å². The van der Waals surface area contributed by atoms with Crippen LogP contribution in [0.2, 0.25) is 0 Å². The fourth-order valence-electron chi connectivity index (χ4n) is 2.24. The molecule has 0 saturated carbocycles. The summed E-state index contributed by atoms with van der Waals surface area (Å²) in [6.07, 6.45) is 4.13. The zero-order chi connectivity index (χ0) is 18.1. The van der Waals surface area contributed by atoms with Crippen LogP contribution in [0.15, 0.2) is 45.3 Å². The Labute approximate surface area is 136 Å². The summed E-state index contributed by atoms with van der Waals surface area (Å²) >= 11 is 0. The average Bonchev–Trinajstić information content (AvgIpc) is 2.52. The van der Waals surface area contributed by atoms with Crippen molar-refractivity contribution in [3.05, 3.63) is 56.3 Å². The van der Waals surface area contributed by atoms with Gasteiger partial charge < -0.3 is 11.1 Å². The van der Waals surface area contributed by atoms with Gasteiger partial charge in [-0.05, 0) is 0 Å². The summed E-state index contributed by atoms with van der Waals surface area (Å²) in [5.74, 6) is 0. The average molecular weight is 370 g/mol. The van der Waals surface area contributed by atoms with Gasteiger partial charge in [-0.15, -0.1) is 0 Å². The Balaban J connectivity index is 2.70. The number of hydrogen-bond acceptors (Lipinski definition) is 4. The highest BCUT2D eigenvalue weighted by atomic mass is 32.2. The lowest BCUT2D eigenvalue weighted by atomic mass is 9.93. The Hall–Kier alpha value is -2.46. The molecule has 0 aromatic rings. The lowest BCUT2D eigenvalue weighted by molar-refractivity contribution is -0.00598. The Morgan fingerprint density at radius 3 is 1.38 bits per heavy atom. The first kappa shape index (κ1) is 17.9. The van der Waals surface area contributed by atoms with Gasteiger partial charge in [0, 0.05) is 23.3 Å². The van der Waals surface area contributed by atoms with Gasteiger partial charge in [0.05, 0.1) is 12.8 Å². The standard InChI is InChI=1S/C12H10N4O6S2/c13-15-7-1-3-9(11(5-7)23(17,18)19)10-4-2-8(16-14)6-12(10)24(20,21)22/h3-6H,1-2H2,(H,17,18,19)(H,20,21,22). The van der Waals surface area contributed by atoms with Crippen molar-refractivity contribution in [2.24, 2.45) is 0 Å². The first-order valence-corrected chi connectivity index (χ1v) is 9.17. The molecule has 0 saturated heterocycles. The van der Waals surface area contributed by atoms with Gasteiger partial charge in [0.25, 0.3) is 31.7 Å². The second-order valence-corrected chi connectivity index (χ2v) is 7.57. The van der Waals surface area contributed by atoms with Crippen LogP contribution < -0.4 is 0 Å². The van der Waals surface area contributed by atoms with E-state index in [1.807, 2.05) is 0 Å². The van der Waals surface area contributed by atoms with Crippen LogP contribution in [0.4, 0.5) is 0 Å². The number of rotatable bonds is 3. The number of nitrogens with zero attached hydrogens (tertiary/aromatic N) is 4. The molecule has 0 aliphatic heterocycles. The molecular formula is C12H10N4O6S2. The van der Waals surface area contributed by atoms with Crippen LogP contribution in [0.1, 0.15) is 12.8 Å². The smallest absolute Gasteiger partial charge is 0.297 e. The monoisotopic (exact) mass is 370 g/mol. The Morgan fingerprint density at radius 2 is 1.12 bits per heavy atom. The fraction of sp³-hybridized carbons (Fsp3) is 0.167. The molecule has 0 radical (unpaired) electrons. The largest absolute Gasteiger partial charge is 0.361 e. The van der Waals surface area contributed by atoms with Crippen molar-refractivity contribution in [1.82, 2.24) is 0 Å². The van der Waals surface area contributed by atoms with Crippen LogP contribution in [0.25, 0.3) is 11.1 Å². The molecule has 0 aromatic carbocycles. The molecular weight excluding hydrogens is 360 g/mol. The number of hydrogen-bond donors (Lipinski definition) is 2. The van der Waals surface area contributed by atoms with Crippen molar-refractivity contribution < 1.29 is 35.5 Å². The van der Waals surface area contributed by atoms with Gasteiger partial charge in [0.15, 0.2) is 0 Å². The molecule has 2 N–H and O–H groups in total. The summed E-state index contributed by atoms with van der Waals surface area (Å²) in [4.78, 5) is 4.32. The van der Waals surface area contributed by atoms with E-state index in [-0.39, 0.29) is 35.4 Å². The topological polar surface area (TPSA) is 182 Å². The van der Waals surface area contributed by atoms with Crippen LogP contribution in [0.5, 0.6) is 0 Å². The van der Waals surface area contributed by atoms with Crippen molar-refractivity contribution >= 4 is 31.7 Å².